The van der Waals surface area contributed by atoms with Gasteiger partial charge in [0.1, 0.15) is 18.4 Å². The number of nitriles is 1. The van der Waals surface area contributed by atoms with E-state index in [1.165, 1.54) is 5.39 Å². The van der Waals surface area contributed by atoms with Crippen LogP contribution in [0.5, 0.6) is 5.75 Å². The fourth-order valence-electron chi connectivity index (χ4n) is 3.96. The van der Waals surface area contributed by atoms with Gasteiger partial charge in [0.2, 0.25) is 5.91 Å². The lowest BCUT2D eigenvalue weighted by molar-refractivity contribution is -0.133. The van der Waals surface area contributed by atoms with Gasteiger partial charge in [-0.25, -0.2) is 0 Å². The topological polar surface area (TPSA) is 65.4 Å². The number of nitrogens with zero attached hydrogens (tertiary/aromatic N) is 2. The lowest BCUT2D eigenvalue weighted by atomic mass is 10.1. The normalized spacial score (nSPS) is 25.3. The number of ether oxygens (including phenoxy) is 1. The zero-order valence-corrected chi connectivity index (χ0v) is 14.7. The van der Waals surface area contributed by atoms with E-state index in [0.717, 1.165) is 36.8 Å². The van der Waals surface area contributed by atoms with Crippen LogP contribution < -0.4 is 10.1 Å². The van der Waals surface area contributed by atoms with E-state index in [-0.39, 0.29) is 24.0 Å². The Morgan fingerprint density at radius 2 is 2.04 bits per heavy atom. The lowest BCUT2D eigenvalue weighted by Gasteiger charge is -2.24. The van der Waals surface area contributed by atoms with Gasteiger partial charge in [0.05, 0.1) is 12.1 Å². The Hall–Kier alpha value is -2.58. The van der Waals surface area contributed by atoms with Gasteiger partial charge in [0.25, 0.3) is 0 Å². The van der Waals surface area contributed by atoms with Gasteiger partial charge in [-0.1, -0.05) is 30.3 Å². The minimum atomic E-state index is -0.253. The van der Waals surface area contributed by atoms with Crippen molar-refractivity contribution in [2.75, 3.05) is 13.2 Å². The summed E-state index contributed by atoms with van der Waals surface area (Å²) in [6, 6.07) is 16.3. The molecular weight excluding hydrogens is 326 g/mol. The van der Waals surface area contributed by atoms with Crippen molar-refractivity contribution < 1.29 is 9.53 Å². The van der Waals surface area contributed by atoms with Gasteiger partial charge in [-0.2, -0.15) is 5.26 Å². The van der Waals surface area contributed by atoms with Crippen LogP contribution in [0.15, 0.2) is 42.5 Å². The Kier molecular flexibility index (Phi) is 4.77. The molecule has 1 amide bonds. The molecule has 2 saturated heterocycles. The summed E-state index contributed by atoms with van der Waals surface area (Å²) in [6.07, 6.45) is 3.43. The first-order chi connectivity index (χ1) is 12.7. The molecule has 0 unspecified atom stereocenters. The number of amides is 1. The average Bonchev–Trinajstić information content (AvgIpc) is 3.35. The molecule has 0 saturated carbocycles. The summed E-state index contributed by atoms with van der Waals surface area (Å²) >= 11 is 0. The van der Waals surface area contributed by atoms with Gasteiger partial charge in [-0.3, -0.25) is 10.1 Å². The Morgan fingerprint density at radius 1 is 1.19 bits per heavy atom. The standard InChI is InChI=1S/C21H23N3O2/c22-13-18-6-3-11-24(18)21(25)20-10-8-17(23-20)14-26-19-9-7-15-4-1-2-5-16(15)12-19/h1-2,4-5,7,9,12,17-18,20,23H,3,6,8,10-11,14H2/t17-,18+,20+/m1/s1. The maximum atomic E-state index is 12.7. The Bertz CT molecular complexity index is 845. The van der Waals surface area contributed by atoms with E-state index in [0.29, 0.717) is 13.2 Å². The molecule has 0 aromatic heterocycles. The third kappa shape index (κ3) is 3.38. The first kappa shape index (κ1) is 16.9. The van der Waals surface area contributed by atoms with Crippen LogP contribution in [0.3, 0.4) is 0 Å². The summed E-state index contributed by atoms with van der Waals surface area (Å²) in [6.45, 7) is 1.25. The monoisotopic (exact) mass is 349 g/mol. The highest BCUT2D eigenvalue weighted by Gasteiger charge is 2.36. The number of nitrogens with one attached hydrogen (secondary N) is 1. The summed E-state index contributed by atoms with van der Waals surface area (Å²) in [5.41, 5.74) is 0. The second kappa shape index (κ2) is 7.35. The predicted molar refractivity (Wildman–Crippen MR) is 99.7 cm³/mol. The molecule has 2 aromatic rings. The number of carbonyl (C=O) groups excluding carboxylic acids is 1. The molecular formula is C21H23N3O2. The summed E-state index contributed by atoms with van der Waals surface area (Å²) < 4.78 is 5.95. The molecule has 1 N–H and O–H groups in total. The van der Waals surface area contributed by atoms with Crippen molar-refractivity contribution >= 4 is 16.7 Å². The number of fused-ring (bicyclic) bond motifs is 1. The van der Waals surface area contributed by atoms with Crippen molar-refractivity contribution in [3.63, 3.8) is 0 Å². The molecule has 2 heterocycles. The molecule has 0 radical (unpaired) electrons. The van der Waals surface area contributed by atoms with Crippen molar-refractivity contribution in [2.45, 2.75) is 43.8 Å². The fraction of sp³-hybridized carbons (Fsp3) is 0.429. The van der Waals surface area contributed by atoms with Crippen LogP contribution in [0.1, 0.15) is 25.7 Å². The van der Waals surface area contributed by atoms with Crippen molar-refractivity contribution in [1.82, 2.24) is 10.2 Å². The van der Waals surface area contributed by atoms with Gasteiger partial charge in [0, 0.05) is 12.6 Å². The third-order valence-corrected chi connectivity index (χ3v) is 5.40. The van der Waals surface area contributed by atoms with Gasteiger partial charge in [-0.05, 0) is 48.6 Å². The van der Waals surface area contributed by atoms with Gasteiger partial charge in [-0.15, -0.1) is 0 Å². The van der Waals surface area contributed by atoms with Crippen LogP contribution in [-0.4, -0.2) is 42.1 Å². The summed E-state index contributed by atoms with van der Waals surface area (Å²) in [7, 11) is 0. The molecule has 5 nitrogen and oxygen atoms in total. The van der Waals surface area contributed by atoms with Crippen molar-refractivity contribution in [1.29, 1.82) is 5.26 Å². The number of likely N-dealkylation sites (tertiary alicyclic amines) is 1. The SMILES string of the molecule is N#C[C@@H]1CCCN1C(=O)[C@@H]1CC[C@H](COc2ccc3ccccc3c2)N1. The largest absolute Gasteiger partial charge is 0.492 e. The summed E-state index contributed by atoms with van der Waals surface area (Å²) in [4.78, 5) is 14.4. The van der Waals surface area contributed by atoms with Gasteiger partial charge < -0.3 is 9.64 Å². The average molecular weight is 349 g/mol. The maximum Gasteiger partial charge on any atom is 0.240 e. The van der Waals surface area contributed by atoms with E-state index in [1.54, 1.807) is 4.90 Å². The molecule has 134 valence electrons. The van der Waals surface area contributed by atoms with Crippen LogP contribution in [0, 0.1) is 11.3 Å². The van der Waals surface area contributed by atoms with E-state index < -0.39 is 0 Å². The Balaban J connectivity index is 1.32. The first-order valence-corrected chi connectivity index (χ1v) is 9.32. The molecule has 2 aromatic carbocycles. The molecule has 2 fully saturated rings. The summed E-state index contributed by atoms with van der Waals surface area (Å²) in [5.74, 6) is 0.923. The minimum absolute atomic E-state index is 0.0715. The Morgan fingerprint density at radius 3 is 2.88 bits per heavy atom. The highest BCUT2D eigenvalue weighted by atomic mass is 16.5. The predicted octanol–water partition coefficient (Wildman–Crippen LogP) is 2.85. The third-order valence-electron chi connectivity index (χ3n) is 5.40. The van der Waals surface area contributed by atoms with E-state index in [4.69, 9.17) is 4.74 Å². The second-order valence-corrected chi connectivity index (χ2v) is 7.13. The van der Waals surface area contributed by atoms with E-state index in [2.05, 4.69) is 35.7 Å². The molecule has 0 spiro atoms. The van der Waals surface area contributed by atoms with E-state index in [1.807, 2.05) is 18.2 Å². The highest BCUT2D eigenvalue weighted by Crippen LogP contribution is 2.24. The molecule has 4 rings (SSSR count). The zero-order chi connectivity index (χ0) is 17.9. The second-order valence-electron chi connectivity index (χ2n) is 7.13. The minimum Gasteiger partial charge on any atom is -0.492 e. The molecule has 0 bridgehead atoms. The molecule has 2 aliphatic heterocycles. The molecule has 3 atom stereocenters. The van der Waals surface area contributed by atoms with Crippen molar-refractivity contribution in [2.24, 2.45) is 0 Å². The fourth-order valence-corrected chi connectivity index (χ4v) is 3.96. The van der Waals surface area contributed by atoms with Crippen LogP contribution in [0.4, 0.5) is 0 Å². The van der Waals surface area contributed by atoms with Crippen LogP contribution in [-0.2, 0) is 4.79 Å². The van der Waals surface area contributed by atoms with E-state index in [9.17, 15) is 10.1 Å². The zero-order valence-electron chi connectivity index (χ0n) is 14.7. The highest BCUT2D eigenvalue weighted by molar-refractivity contribution is 5.84. The molecule has 26 heavy (non-hydrogen) atoms. The van der Waals surface area contributed by atoms with Crippen LogP contribution in [0.2, 0.25) is 0 Å². The van der Waals surface area contributed by atoms with Gasteiger partial charge in [0.15, 0.2) is 0 Å². The number of benzene rings is 2. The van der Waals surface area contributed by atoms with Crippen molar-refractivity contribution in [3.8, 4) is 11.8 Å². The maximum absolute atomic E-state index is 12.7. The molecule has 0 aliphatic carbocycles. The first-order valence-electron chi connectivity index (χ1n) is 9.32. The quantitative estimate of drug-likeness (QED) is 0.922. The number of rotatable bonds is 4. The molecule has 5 heteroatoms. The van der Waals surface area contributed by atoms with E-state index >= 15 is 0 Å². The Labute approximate surface area is 153 Å². The summed E-state index contributed by atoms with van der Waals surface area (Å²) in [5, 5.41) is 14.9. The number of hydrogen-bond donors (Lipinski definition) is 1. The van der Waals surface area contributed by atoms with Crippen LogP contribution >= 0.6 is 0 Å². The van der Waals surface area contributed by atoms with Crippen molar-refractivity contribution in [3.05, 3.63) is 42.5 Å². The van der Waals surface area contributed by atoms with Crippen LogP contribution in [0.25, 0.3) is 10.8 Å². The molecule has 2 aliphatic rings. The number of carbonyl (C=O) groups is 1. The van der Waals surface area contributed by atoms with Gasteiger partial charge >= 0.3 is 0 Å². The number of hydrogen-bond acceptors (Lipinski definition) is 4. The smallest absolute Gasteiger partial charge is 0.240 e. The lowest BCUT2D eigenvalue weighted by Crippen LogP contribution is -2.47.